The second-order valence-electron chi connectivity index (χ2n) is 10.5. The molecule has 0 heterocycles. The molecule has 0 saturated carbocycles. The summed E-state index contributed by atoms with van der Waals surface area (Å²) in [6, 6.07) is 0. The lowest BCUT2D eigenvalue weighted by Gasteiger charge is -2.21. The van der Waals surface area contributed by atoms with Gasteiger partial charge in [-0.15, -0.1) is 0 Å². The van der Waals surface area contributed by atoms with Crippen LogP contribution in [0, 0.1) is 29.6 Å². The maximum absolute atomic E-state index is 2.55. The molecule has 142 valence electrons. The molecule has 0 rings (SSSR count). The zero-order valence-corrected chi connectivity index (χ0v) is 21.0. The largest absolute Gasteiger partial charge is 0.262 e. The van der Waals surface area contributed by atoms with Crippen molar-refractivity contribution in [1.82, 2.24) is 0 Å². The van der Waals surface area contributed by atoms with Gasteiger partial charge in [0.1, 0.15) is 0 Å². The van der Waals surface area contributed by atoms with Gasteiger partial charge in [-0.05, 0) is 5.92 Å². The van der Waals surface area contributed by atoms with Crippen LogP contribution in [0.25, 0.3) is 0 Å². The molecule has 0 aliphatic carbocycles. The molecule has 0 nitrogen and oxygen atoms in total. The number of hydrogen-bond donors (Lipinski definition) is 0. The highest BCUT2D eigenvalue weighted by molar-refractivity contribution is 6.59. The zero-order chi connectivity index (χ0) is 18.7. The lowest BCUT2D eigenvalue weighted by molar-refractivity contribution is 0.532. The summed E-state index contributed by atoms with van der Waals surface area (Å²) in [5, 5.41) is 9.51. The monoisotopic (exact) mass is 366 g/mol. The van der Waals surface area contributed by atoms with Crippen molar-refractivity contribution in [2.24, 2.45) is 29.6 Å². The first-order valence-electron chi connectivity index (χ1n) is 11.1. The van der Waals surface area contributed by atoms with Crippen LogP contribution in [0.3, 0.4) is 0 Å². The molecule has 0 aliphatic rings. The van der Waals surface area contributed by atoms with Gasteiger partial charge in [-0.25, -0.2) is 0 Å². The molecule has 0 spiro atoms. The summed E-state index contributed by atoms with van der Waals surface area (Å²) in [6.45, 7) is 22.0. The van der Waals surface area contributed by atoms with E-state index in [-0.39, 0.29) is 0 Å². The molecule has 2 heteroatoms. The fourth-order valence-corrected chi connectivity index (χ4v) is 13.3. The van der Waals surface area contributed by atoms with Gasteiger partial charge in [0.25, 0.3) is 28.3 Å². The van der Waals surface area contributed by atoms with Gasteiger partial charge in [-0.2, -0.15) is 0 Å². The Kier molecular flexibility index (Phi) is 14.8. The lowest BCUT2D eigenvalue weighted by atomic mass is 10.1. The van der Waals surface area contributed by atoms with Gasteiger partial charge in [-0.3, -0.25) is 0 Å². The minimum Gasteiger partial charge on any atom is -0.0936 e. The van der Waals surface area contributed by atoms with Crippen LogP contribution in [0.5, 0.6) is 0 Å². The van der Waals surface area contributed by atoms with Crippen LogP contribution in [0.15, 0.2) is 0 Å². The Labute approximate surface area is 164 Å². The second-order valence-corrected chi connectivity index (χ2v) is 17.0. The molecule has 0 aromatic heterocycles. The van der Waals surface area contributed by atoms with Gasteiger partial charge < -0.3 is 0 Å². The van der Waals surface area contributed by atoms with Crippen molar-refractivity contribution in [2.45, 2.75) is 107 Å². The minimum absolute atomic E-state index is 0.491. The average molecular weight is 367 g/mol. The van der Waals surface area contributed by atoms with Gasteiger partial charge in [0, 0.05) is 0 Å². The number of rotatable bonds is 14. The molecule has 0 aromatic rings. The Morgan fingerprint density at radius 3 is 0.917 bits per heavy atom. The molecule has 0 unspecified atom stereocenters. The van der Waals surface area contributed by atoms with Crippen LogP contribution in [-0.4, -0.2) is 28.3 Å². The topological polar surface area (TPSA) is 0 Å². The van der Waals surface area contributed by atoms with E-state index in [1.807, 2.05) is 0 Å². The van der Waals surface area contributed by atoms with Gasteiger partial charge in [0.15, 0.2) is 0 Å². The first-order chi connectivity index (χ1) is 11.1. The summed E-state index contributed by atoms with van der Waals surface area (Å²) in [5.74, 6) is 4.66. The molecule has 0 radical (unpaired) electrons. The van der Waals surface area contributed by atoms with Gasteiger partial charge in [0.05, 0.1) is 0 Å². The smallest absolute Gasteiger partial charge is 0.0936 e. The molecular weight excluding hydrogens is 318 g/mol. The summed E-state index contributed by atoms with van der Waals surface area (Å²) in [7, 11) is 0. The summed E-state index contributed by atoms with van der Waals surface area (Å²) in [5.41, 5.74) is 0. The Bertz CT molecular complexity index is 236. The minimum atomic E-state index is -0.491. The highest BCUT2D eigenvalue weighted by atomic mass is 27.2. The first-order valence-corrected chi connectivity index (χ1v) is 16.0. The lowest BCUT2D eigenvalue weighted by Crippen LogP contribution is -2.20. The van der Waals surface area contributed by atoms with Gasteiger partial charge in [-0.1, -0.05) is 131 Å². The van der Waals surface area contributed by atoms with Crippen molar-refractivity contribution in [3.8, 4) is 0 Å². The Balaban J connectivity index is 4.25. The third-order valence-corrected chi connectivity index (χ3v) is 14.1. The Morgan fingerprint density at radius 2 is 0.708 bits per heavy atom. The van der Waals surface area contributed by atoms with Gasteiger partial charge in [0.2, 0.25) is 0 Å². The summed E-state index contributed by atoms with van der Waals surface area (Å²) < 4.78 is 0. The summed E-state index contributed by atoms with van der Waals surface area (Å²) in [6.07, 6.45) is 3.06. The van der Waals surface area contributed by atoms with Crippen LogP contribution >= 0.6 is 0 Å². The maximum Gasteiger partial charge on any atom is 0.262 e. The summed E-state index contributed by atoms with van der Waals surface area (Å²) in [4.78, 5) is 0. The first kappa shape index (κ1) is 25.1. The molecule has 0 bridgehead atoms. The van der Waals surface area contributed by atoms with E-state index in [1.54, 1.807) is 31.7 Å². The predicted molar refractivity (Wildman–Crippen MR) is 118 cm³/mol. The standard InChI is InChI=1S/C6H12.4C4H9.2Al/c1-4-6(3)5-2;4*1-4(2)3;;/h6H,1-2,4-5H2,3H3;4*4H,1H2,2-3H3;;. The molecule has 0 atom stereocenters. The Morgan fingerprint density at radius 1 is 0.458 bits per heavy atom. The third-order valence-electron chi connectivity index (χ3n) is 5.35. The van der Waals surface area contributed by atoms with E-state index in [0.29, 0.717) is 0 Å². The van der Waals surface area contributed by atoms with E-state index >= 15 is 0 Å². The quantitative estimate of drug-likeness (QED) is 0.273. The SMILES string of the molecule is CC(C)[CH2][Al]([CH2]CC(C)C[CH2][Al]([CH2]C(C)C)[CH2]C(C)C)[CH2]C(C)C. The maximum atomic E-state index is 2.55. The van der Waals surface area contributed by atoms with Crippen LogP contribution in [0.4, 0.5) is 0 Å². The van der Waals surface area contributed by atoms with Gasteiger partial charge >= 0.3 is 0 Å². The average Bonchev–Trinajstić information content (AvgIpc) is 2.39. The zero-order valence-electron chi connectivity index (χ0n) is 18.7. The highest BCUT2D eigenvalue weighted by Gasteiger charge is 2.23. The van der Waals surface area contributed by atoms with E-state index < -0.39 is 28.3 Å². The highest BCUT2D eigenvalue weighted by Crippen LogP contribution is 2.26. The molecule has 0 saturated heterocycles. The van der Waals surface area contributed by atoms with Crippen LogP contribution in [0.1, 0.15) is 75.2 Å². The molecule has 0 aliphatic heterocycles. The fourth-order valence-electron chi connectivity index (χ4n) is 4.52. The van der Waals surface area contributed by atoms with Crippen LogP contribution < -0.4 is 0 Å². The molecule has 0 amide bonds. The summed E-state index contributed by atoms with van der Waals surface area (Å²) >= 11 is -0.982. The van der Waals surface area contributed by atoms with Crippen molar-refractivity contribution in [2.75, 3.05) is 0 Å². The second kappa shape index (κ2) is 14.2. The number of hydrogen-bond acceptors (Lipinski definition) is 0. The van der Waals surface area contributed by atoms with Crippen molar-refractivity contribution >= 4 is 28.3 Å². The van der Waals surface area contributed by atoms with Crippen LogP contribution in [-0.2, 0) is 0 Å². The molecule has 0 fully saturated rings. The van der Waals surface area contributed by atoms with E-state index in [1.165, 1.54) is 12.8 Å². The van der Waals surface area contributed by atoms with Crippen molar-refractivity contribution in [1.29, 1.82) is 0 Å². The van der Waals surface area contributed by atoms with E-state index in [4.69, 9.17) is 0 Å². The third kappa shape index (κ3) is 15.3. The van der Waals surface area contributed by atoms with Crippen molar-refractivity contribution < 1.29 is 0 Å². The van der Waals surface area contributed by atoms with Crippen LogP contribution in [0.2, 0.25) is 31.7 Å². The molecular formula is C22H48Al2. The van der Waals surface area contributed by atoms with E-state index in [0.717, 1.165) is 29.6 Å². The molecule has 0 N–H and O–H groups in total. The molecule has 24 heavy (non-hydrogen) atoms. The van der Waals surface area contributed by atoms with Crippen molar-refractivity contribution in [3.05, 3.63) is 0 Å². The van der Waals surface area contributed by atoms with E-state index in [9.17, 15) is 0 Å². The Hall–Kier alpha value is 1.06. The predicted octanol–water partition coefficient (Wildman–Crippen LogP) is 8.02. The molecule has 0 aromatic carbocycles. The van der Waals surface area contributed by atoms with Crippen molar-refractivity contribution in [3.63, 3.8) is 0 Å². The van der Waals surface area contributed by atoms with E-state index in [2.05, 4.69) is 62.3 Å². The normalized spacial score (nSPS) is 12.2. The fraction of sp³-hybridized carbons (Fsp3) is 1.00.